The van der Waals surface area contributed by atoms with Gasteiger partial charge in [0, 0.05) is 11.6 Å². The van der Waals surface area contributed by atoms with Gasteiger partial charge in [0.05, 0.1) is 13.7 Å². The quantitative estimate of drug-likeness (QED) is 0.793. The number of ketones is 1. The van der Waals surface area contributed by atoms with E-state index in [1.807, 2.05) is 0 Å². The Morgan fingerprint density at radius 2 is 2.20 bits per heavy atom. The van der Waals surface area contributed by atoms with Crippen LogP contribution in [0.5, 0.6) is 5.75 Å². The maximum absolute atomic E-state index is 13.6. The number of piperidine rings is 1. The average Bonchev–Trinajstić information content (AvgIpc) is 2.41. The zero-order chi connectivity index (χ0) is 14.7. The van der Waals surface area contributed by atoms with Gasteiger partial charge in [-0.3, -0.25) is 9.69 Å². The normalized spacial score (nSPS) is 23.6. The smallest absolute Gasteiger partial charge is 0.176 e. The van der Waals surface area contributed by atoms with E-state index in [0.29, 0.717) is 18.2 Å². The number of likely N-dealkylation sites (tertiary alicyclic amines) is 1. The number of hydrogen-bond donors (Lipinski definition) is 0. The van der Waals surface area contributed by atoms with Crippen molar-refractivity contribution >= 4 is 5.78 Å². The molecule has 1 aromatic rings. The highest BCUT2D eigenvalue weighted by molar-refractivity contribution is 5.97. The Balaban J connectivity index is 2.03. The van der Waals surface area contributed by atoms with Crippen molar-refractivity contribution in [3.05, 3.63) is 29.6 Å². The summed E-state index contributed by atoms with van der Waals surface area (Å²) in [5.74, 6) is 0.364. The molecule has 1 aromatic carbocycles. The van der Waals surface area contributed by atoms with Crippen LogP contribution in [0.3, 0.4) is 0 Å². The van der Waals surface area contributed by atoms with Crippen molar-refractivity contribution in [1.29, 1.82) is 0 Å². The van der Waals surface area contributed by atoms with Crippen molar-refractivity contribution in [3.8, 4) is 5.75 Å². The molecule has 0 spiro atoms. The number of ether oxygens (including phenoxy) is 1. The maximum Gasteiger partial charge on any atom is 0.176 e. The first-order chi connectivity index (χ1) is 9.51. The fourth-order valence-corrected chi connectivity index (χ4v) is 2.81. The van der Waals surface area contributed by atoms with Crippen molar-refractivity contribution in [2.75, 3.05) is 20.2 Å². The lowest BCUT2D eigenvalue weighted by atomic mass is 9.93. The lowest BCUT2D eigenvalue weighted by molar-refractivity contribution is 0.0816. The summed E-state index contributed by atoms with van der Waals surface area (Å²) in [6.45, 7) is 5.69. The molecule has 1 heterocycles. The van der Waals surface area contributed by atoms with Crippen LogP contribution < -0.4 is 4.74 Å². The topological polar surface area (TPSA) is 29.5 Å². The molecule has 1 aliphatic rings. The first kappa shape index (κ1) is 15.0. The number of halogens is 1. The Bertz CT molecular complexity index is 489. The summed E-state index contributed by atoms with van der Waals surface area (Å²) in [5.41, 5.74) is 0.411. The average molecular weight is 279 g/mol. The predicted molar refractivity (Wildman–Crippen MR) is 76.7 cm³/mol. The second-order valence-corrected chi connectivity index (χ2v) is 5.72. The SMILES string of the molecule is COc1ccc(C(=O)CN2CCC(C)CC2C)cc1F. The summed E-state index contributed by atoms with van der Waals surface area (Å²) in [6, 6.07) is 4.80. The predicted octanol–water partition coefficient (Wildman–Crippen LogP) is 3.14. The van der Waals surface area contributed by atoms with Crippen LogP contribution in [0, 0.1) is 11.7 Å². The van der Waals surface area contributed by atoms with E-state index in [1.165, 1.54) is 19.2 Å². The van der Waals surface area contributed by atoms with Gasteiger partial charge in [-0.2, -0.15) is 0 Å². The standard InChI is InChI=1S/C16H22FNO2/c1-11-6-7-18(12(2)8-11)10-15(19)13-4-5-16(20-3)14(17)9-13/h4-5,9,11-12H,6-8,10H2,1-3H3. The van der Waals surface area contributed by atoms with Crippen LogP contribution in [-0.2, 0) is 0 Å². The summed E-state index contributed by atoms with van der Waals surface area (Å²) in [5, 5.41) is 0. The molecule has 0 aromatic heterocycles. The number of methoxy groups -OCH3 is 1. The number of Topliss-reactive ketones (excluding diaryl/α,β-unsaturated/α-hetero) is 1. The molecule has 2 unspecified atom stereocenters. The van der Waals surface area contributed by atoms with Crippen molar-refractivity contribution in [2.45, 2.75) is 32.7 Å². The van der Waals surface area contributed by atoms with Gasteiger partial charge in [-0.1, -0.05) is 6.92 Å². The molecule has 0 amide bonds. The molecule has 1 fully saturated rings. The van der Waals surface area contributed by atoms with E-state index in [0.717, 1.165) is 25.3 Å². The summed E-state index contributed by atoms with van der Waals surface area (Å²) in [4.78, 5) is 14.4. The third-order valence-electron chi connectivity index (χ3n) is 4.10. The minimum Gasteiger partial charge on any atom is -0.494 e. The second-order valence-electron chi connectivity index (χ2n) is 5.72. The van der Waals surface area contributed by atoms with Gasteiger partial charge in [-0.05, 0) is 50.4 Å². The van der Waals surface area contributed by atoms with E-state index in [4.69, 9.17) is 4.74 Å². The van der Waals surface area contributed by atoms with E-state index in [9.17, 15) is 9.18 Å². The molecule has 0 N–H and O–H groups in total. The van der Waals surface area contributed by atoms with Gasteiger partial charge < -0.3 is 4.74 Å². The van der Waals surface area contributed by atoms with Gasteiger partial charge in [0.2, 0.25) is 0 Å². The summed E-state index contributed by atoms with van der Waals surface area (Å²) in [6.07, 6.45) is 2.23. The molecule has 0 bridgehead atoms. The first-order valence-corrected chi connectivity index (χ1v) is 7.12. The highest BCUT2D eigenvalue weighted by Gasteiger charge is 2.25. The van der Waals surface area contributed by atoms with E-state index >= 15 is 0 Å². The van der Waals surface area contributed by atoms with Crippen molar-refractivity contribution in [2.24, 2.45) is 5.92 Å². The van der Waals surface area contributed by atoms with Crippen LogP contribution in [0.15, 0.2) is 18.2 Å². The van der Waals surface area contributed by atoms with Crippen LogP contribution in [0.1, 0.15) is 37.0 Å². The van der Waals surface area contributed by atoms with Crippen molar-refractivity contribution in [3.63, 3.8) is 0 Å². The van der Waals surface area contributed by atoms with Crippen molar-refractivity contribution in [1.82, 2.24) is 4.90 Å². The Kier molecular flexibility index (Phi) is 4.76. The Morgan fingerprint density at radius 1 is 1.45 bits per heavy atom. The lowest BCUT2D eigenvalue weighted by Gasteiger charge is -2.35. The first-order valence-electron chi connectivity index (χ1n) is 7.12. The molecular formula is C16H22FNO2. The molecule has 1 aliphatic heterocycles. The molecule has 0 aliphatic carbocycles. The highest BCUT2D eigenvalue weighted by Crippen LogP contribution is 2.23. The van der Waals surface area contributed by atoms with Crippen LogP contribution in [-0.4, -0.2) is 36.9 Å². The number of carbonyl (C=O) groups excluding carboxylic acids is 1. The van der Waals surface area contributed by atoms with Gasteiger partial charge in [-0.15, -0.1) is 0 Å². The van der Waals surface area contributed by atoms with Gasteiger partial charge >= 0.3 is 0 Å². The molecule has 4 heteroatoms. The van der Waals surface area contributed by atoms with Gasteiger partial charge in [0.15, 0.2) is 17.3 Å². The zero-order valence-electron chi connectivity index (χ0n) is 12.4. The van der Waals surface area contributed by atoms with Crippen molar-refractivity contribution < 1.29 is 13.9 Å². The maximum atomic E-state index is 13.6. The fraction of sp³-hybridized carbons (Fsp3) is 0.562. The van der Waals surface area contributed by atoms with E-state index in [1.54, 1.807) is 6.07 Å². The molecule has 1 saturated heterocycles. The number of benzene rings is 1. The number of carbonyl (C=O) groups is 1. The Labute approximate surface area is 119 Å². The van der Waals surface area contributed by atoms with Crippen LogP contribution >= 0.6 is 0 Å². The van der Waals surface area contributed by atoms with Crippen LogP contribution in [0.25, 0.3) is 0 Å². The Morgan fingerprint density at radius 3 is 2.80 bits per heavy atom. The van der Waals surface area contributed by atoms with Gasteiger partial charge in [0.25, 0.3) is 0 Å². The molecule has 2 rings (SSSR count). The fourth-order valence-electron chi connectivity index (χ4n) is 2.81. The van der Waals surface area contributed by atoms with Crippen LogP contribution in [0.2, 0.25) is 0 Å². The number of rotatable bonds is 4. The number of hydrogen-bond acceptors (Lipinski definition) is 3. The molecule has 3 nitrogen and oxygen atoms in total. The molecule has 20 heavy (non-hydrogen) atoms. The monoisotopic (exact) mass is 279 g/mol. The lowest BCUT2D eigenvalue weighted by Crippen LogP contribution is -2.43. The zero-order valence-corrected chi connectivity index (χ0v) is 12.4. The Hall–Kier alpha value is -1.42. The largest absolute Gasteiger partial charge is 0.494 e. The molecule has 0 saturated carbocycles. The summed E-state index contributed by atoms with van der Waals surface area (Å²) in [7, 11) is 1.41. The third kappa shape index (κ3) is 3.37. The minimum atomic E-state index is -0.487. The van der Waals surface area contributed by atoms with Crippen LogP contribution in [0.4, 0.5) is 4.39 Å². The minimum absolute atomic E-state index is 0.0343. The molecule has 2 atom stereocenters. The van der Waals surface area contributed by atoms with E-state index in [2.05, 4.69) is 18.7 Å². The molecule has 110 valence electrons. The summed E-state index contributed by atoms with van der Waals surface area (Å²) < 4.78 is 18.5. The third-order valence-corrected chi connectivity index (χ3v) is 4.10. The summed E-state index contributed by atoms with van der Waals surface area (Å²) >= 11 is 0. The second kappa shape index (κ2) is 6.35. The number of nitrogens with zero attached hydrogens (tertiary/aromatic N) is 1. The van der Waals surface area contributed by atoms with Gasteiger partial charge in [0.1, 0.15) is 0 Å². The van der Waals surface area contributed by atoms with E-state index < -0.39 is 5.82 Å². The molecular weight excluding hydrogens is 257 g/mol. The molecule has 0 radical (unpaired) electrons. The van der Waals surface area contributed by atoms with E-state index in [-0.39, 0.29) is 11.5 Å². The van der Waals surface area contributed by atoms with Gasteiger partial charge in [-0.25, -0.2) is 4.39 Å². The highest BCUT2D eigenvalue weighted by atomic mass is 19.1.